The van der Waals surface area contributed by atoms with Gasteiger partial charge in [-0.2, -0.15) is 0 Å². The first-order chi connectivity index (χ1) is 14.1. The molecule has 30 heavy (non-hydrogen) atoms. The first kappa shape index (κ1) is 22.3. The number of ether oxygens (including phenoxy) is 2. The summed E-state index contributed by atoms with van der Waals surface area (Å²) >= 11 is 0. The summed E-state index contributed by atoms with van der Waals surface area (Å²) in [5.74, 6) is -0.676. The van der Waals surface area contributed by atoms with Crippen molar-refractivity contribution < 1.29 is 24.2 Å². The number of esters is 2. The van der Waals surface area contributed by atoms with Crippen LogP contribution in [0.2, 0.25) is 0 Å². The van der Waals surface area contributed by atoms with Gasteiger partial charge in [-0.05, 0) is 76.6 Å². The quantitative estimate of drug-likeness (QED) is 0.592. The summed E-state index contributed by atoms with van der Waals surface area (Å²) in [6, 6.07) is 5.53. The summed E-state index contributed by atoms with van der Waals surface area (Å²) < 4.78 is 10.2. The number of aliphatic hydroxyl groups excluding tert-OH is 1. The molecule has 1 aliphatic carbocycles. The molecule has 0 aromatic heterocycles. The molecule has 0 amide bonds. The second-order valence-electron chi connectivity index (χ2n) is 9.54. The van der Waals surface area contributed by atoms with E-state index >= 15 is 0 Å². The summed E-state index contributed by atoms with van der Waals surface area (Å²) in [5.41, 5.74) is 3.00. The van der Waals surface area contributed by atoms with Crippen molar-refractivity contribution in [1.29, 1.82) is 0 Å². The predicted octanol–water partition coefficient (Wildman–Crippen LogP) is 4.00. The second kappa shape index (κ2) is 8.80. The van der Waals surface area contributed by atoms with Gasteiger partial charge in [-0.15, -0.1) is 0 Å². The lowest BCUT2D eigenvalue weighted by atomic mass is 9.73. The van der Waals surface area contributed by atoms with Gasteiger partial charge in [-0.3, -0.25) is 0 Å². The molecule has 6 heteroatoms. The van der Waals surface area contributed by atoms with Gasteiger partial charge in [0.2, 0.25) is 0 Å². The molecule has 1 saturated carbocycles. The van der Waals surface area contributed by atoms with Gasteiger partial charge in [-0.1, -0.05) is 5.57 Å². The molecule has 2 fully saturated rings. The molecule has 1 aromatic carbocycles. The standard InChI is InChI=1S/C24H33NO5/c1-23(2,3)30-21(27)12-17-6-5-10-24(11-9-17)15-25(16-24)19-7-8-20(22(28)29-4)18(13-19)14-26/h7-8,12-13,26H,5-6,9-11,14-16H2,1-4H3/b17-12-. The van der Waals surface area contributed by atoms with Crippen LogP contribution in [0.3, 0.4) is 0 Å². The number of hydrogen-bond acceptors (Lipinski definition) is 6. The number of hydrogen-bond donors (Lipinski definition) is 1. The van der Waals surface area contributed by atoms with E-state index in [1.165, 1.54) is 12.7 Å². The van der Waals surface area contributed by atoms with Crippen molar-refractivity contribution in [3.05, 3.63) is 41.0 Å². The lowest BCUT2D eigenvalue weighted by Crippen LogP contribution is -2.56. The van der Waals surface area contributed by atoms with Crippen molar-refractivity contribution in [2.45, 2.75) is 65.1 Å². The van der Waals surface area contributed by atoms with Crippen LogP contribution in [0, 0.1) is 5.41 Å². The minimum absolute atomic E-state index is 0.198. The molecule has 0 unspecified atom stereocenters. The second-order valence-corrected chi connectivity index (χ2v) is 9.54. The van der Waals surface area contributed by atoms with Crippen molar-refractivity contribution in [1.82, 2.24) is 0 Å². The Morgan fingerprint density at radius 3 is 2.57 bits per heavy atom. The highest BCUT2D eigenvalue weighted by molar-refractivity contribution is 5.91. The number of anilines is 1. The van der Waals surface area contributed by atoms with Gasteiger partial charge in [0, 0.05) is 30.3 Å². The summed E-state index contributed by atoms with van der Waals surface area (Å²) in [4.78, 5) is 26.2. The van der Waals surface area contributed by atoms with E-state index in [0.717, 1.165) is 50.9 Å². The number of nitrogens with zero attached hydrogens (tertiary/aromatic N) is 1. The van der Waals surface area contributed by atoms with Crippen molar-refractivity contribution in [3.63, 3.8) is 0 Å². The summed E-state index contributed by atoms with van der Waals surface area (Å²) in [5, 5.41) is 9.64. The van der Waals surface area contributed by atoms with Crippen LogP contribution in [0.1, 0.15) is 68.8 Å². The van der Waals surface area contributed by atoms with E-state index in [1.54, 1.807) is 12.1 Å². The molecule has 0 bridgehead atoms. The fourth-order valence-corrected chi connectivity index (χ4v) is 4.49. The average molecular weight is 416 g/mol. The molecular formula is C24H33NO5. The van der Waals surface area contributed by atoms with Crippen LogP contribution in [-0.4, -0.2) is 42.8 Å². The highest BCUT2D eigenvalue weighted by atomic mass is 16.6. The summed E-state index contributed by atoms with van der Waals surface area (Å²) in [6.07, 6.45) is 6.85. The lowest BCUT2D eigenvalue weighted by molar-refractivity contribution is -0.148. The molecular weight excluding hydrogens is 382 g/mol. The van der Waals surface area contributed by atoms with Crippen molar-refractivity contribution in [2.75, 3.05) is 25.1 Å². The third-order valence-corrected chi connectivity index (χ3v) is 5.99. The maximum atomic E-state index is 12.1. The van der Waals surface area contributed by atoms with E-state index in [0.29, 0.717) is 11.1 Å². The predicted molar refractivity (Wildman–Crippen MR) is 115 cm³/mol. The summed E-state index contributed by atoms with van der Waals surface area (Å²) in [6.45, 7) is 7.36. The summed E-state index contributed by atoms with van der Waals surface area (Å²) in [7, 11) is 1.34. The Morgan fingerprint density at radius 2 is 1.93 bits per heavy atom. The Balaban J connectivity index is 1.62. The smallest absolute Gasteiger partial charge is 0.338 e. The Morgan fingerprint density at radius 1 is 1.20 bits per heavy atom. The number of carbonyl (C=O) groups excluding carboxylic acids is 2. The average Bonchev–Trinajstić information content (AvgIpc) is 2.87. The van der Waals surface area contributed by atoms with Gasteiger partial charge in [0.15, 0.2) is 0 Å². The molecule has 1 spiro atoms. The van der Waals surface area contributed by atoms with Crippen LogP contribution < -0.4 is 4.90 Å². The van der Waals surface area contributed by atoms with Crippen LogP contribution in [0.15, 0.2) is 29.8 Å². The Kier molecular flexibility index (Phi) is 6.56. The topological polar surface area (TPSA) is 76.1 Å². The van der Waals surface area contributed by atoms with E-state index in [9.17, 15) is 14.7 Å². The fraction of sp³-hybridized carbons (Fsp3) is 0.583. The molecule has 1 aromatic rings. The lowest BCUT2D eigenvalue weighted by Gasteiger charge is -2.51. The third kappa shape index (κ3) is 5.22. The maximum absolute atomic E-state index is 12.1. The Bertz CT molecular complexity index is 830. The molecule has 2 aliphatic rings. The number of aliphatic hydroxyl groups is 1. The minimum Gasteiger partial charge on any atom is -0.465 e. The van der Waals surface area contributed by atoms with Crippen LogP contribution in [0.5, 0.6) is 0 Å². The van der Waals surface area contributed by atoms with Crippen molar-refractivity contribution >= 4 is 17.6 Å². The first-order valence-electron chi connectivity index (χ1n) is 10.6. The van der Waals surface area contributed by atoms with E-state index in [-0.39, 0.29) is 18.0 Å². The molecule has 1 saturated heterocycles. The highest BCUT2D eigenvalue weighted by Gasteiger charge is 2.43. The minimum atomic E-state index is -0.467. The van der Waals surface area contributed by atoms with Crippen LogP contribution in [0.25, 0.3) is 0 Å². The molecule has 1 aliphatic heterocycles. The van der Waals surface area contributed by atoms with Crippen LogP contribution in [0.4, 0.5) is 5.69 Å². The molecule has 1 heterocycles. The van der Waals surface area contributed by atoms with E-state index in [4.69, 9.17) is 9.47 Å². The van der Waals surface area contributed by atoms with Crippen LogP contribution in [-0.2, 0) is 20.9 Å². The number of rotatable bonds is 4. The zero-order valence-electron chi connectivity index (χ0n) is 18.5. The Labute approximate surface area is 178 Å². The van der Waals surface area contributed by atoms with E-state index < -0.39 is 11.6 Å². The maximum Gasteiger partial charge on any atom is 0.338 e. The number of benzene rings is 1. The molecule has 3 rings (SSSR count). The zero-order valence-corrected chi connectivity index (χ0v) is 18.5. The molecule has 6 nitrogen and oxygen atoms in total. The van der Waals surface area contributed by atoms with Crippen molar-refractivity contribution in [3.8, 4) is 0 Å². The SMILES string of the molecule is COC(=O)c1ccc(N2CC3(CCC/C(=C/C(=O)OC(C)(C)C)CC3)C2)cc1CO. The normalized spacial score (nSPS) is 19.9. The number of allylic oxidation sites excluding steroid dienone is 1. The molecule has 1 N–H and O–H groups in total. The van der Waals surface area contributed by atoms with E-state index in [1.807, 2.05) is 32.9 Å². The highest BCUT2D eigenvalue weighted by Crippen LogP contribution is 2.45. The number of methoxy groups -OCH3 is 1. The van der Waals surface area contributed by atoms with Crippen LogP contribution >= 0.6 is 0 Å². The largest absolute Gasteiger partial charge is 0.465 e. The fourth-order valence-electron chi connectivity index (χ4n) is 4.49. The molecule has 164 valence electrons. The van der Waals surface area contributed by atoms with Crippen molar-refractivity contribution in [2.24, 2.45) is 5.41 Å². The van der Waals surface area contributed by atoms with Gasteiger partial charge in [0.05, 0.1) is 19.3 Å². The van der Waals surface area contributed by atoms with Gasteiger partial charge in [-0.25, -0.2) is 9.59 Å². The van der Waals surface area contributed by atoms with Gasteiger partial charge < -0.3 is 19.5 Å². The van der Waals surface area contributed by atoms with Gasteiger partial charge in [0.1, 0.15) is 5.60 Å². The molecule has 0 atom stereocenters. The first-order valence-corrected chi connectivity index (χ1v) is 10.6. The monoisotopic (exact) mass is 415 g/mol. The van der Waals surface area contributed by atoms with Gasteiger partial charge in [0.25, 0.3) is 0 Å². The zero-order chi connectivity index (χ0) is 21.9. The van der Waals surface area contributed by atoms with E-state index in [2.05, 4.69) is 4.90 Å². The van der Waals surface area contributed by atoms with Gasteiger partial charge >= 0.3 is 11.9 Å². The molecule has 0 radical (unpaired) electrons. The Hall–Kier alpha value is -2.34. The number of carbonyl (C=O) groups is 2. The third-order valence-electron chi connectivity index (χ3n) is 5.99.